The molecule has 0 heterocycles. The quantitative estimate of drug-likeness (QED) is 0.715. The molecular weight excluding hydrogens is 182 g/mol. The van der Waals surface area contributed by atoms with E-state index in [9.17, 15) is 0 Å². The maximum absolute atomic E-state index is 6.56. The van der Waals surface area contributed by atoms with Crippen LogP contribution in [-0.2, 0) is 0 Å². The van der Waals surface area contributed by atoms with E-state index in [-0.39, 0.29) is 5.17 Å². The number of hydrogen-bond acceptors (Lipinski definition) is 2. The summed E-state index contributed by atoms with van der Waals surface area (Å²) in [5, 5.41) is 6.94. The highest BCUT2D eigenvalue weighted by molar-refractivity contribution is 7.80. The van der Waals surface area contributed by atoms with Gasteiger partial charge in [0.2, 0.25) is 0 Å². The van der Waals surface area contributed by atoms with Crippen molar-refractivity contribution in [3.8, 4) is 0 Å². The first-order valence-electron chi connectivity index (χ1n) is 4.58. The number of aliphatic hydroxyl groups is 1. The Bertz CT molecular complexity index is 310. The largest absolute Gasteiger partial charge is 0.486 e. The Morgan fingerprint density at radius 1 is 1.46 bits per heavy atom. The molecule has 13 heavy (non-hydrogen) atoms. The number of nitrogens with one attached hydrogen (secondary N) is 1. The van der Waals surface area contributed by atoms with Crippen molar-refractivity contribution in [2.45, 2.75) is 19.8 Å². The Hall–Kier alpha value is -1.09. The van der Waals surface area contributed by atoms with Crippen LogP contribution in [0.15, 0.2) is 24.3 Å². The van der Waals surface area contributed by atoms with Crippen LogP contribution in [0.2, 0.25) is 0 Å². The van der Waals surface area contributed by atoms with Crippen LogP contribution in [-0.4, -0.2) is 10.3 Å². The molecule has 3 heteroatoms. The van der Waals surface area contributed by atoms with Crippen LogP contribution in [0, 0.1) is 0 Å². The van der Waals surface area contributed by atoms with E-state index >= 15 is 0 Å². The molecule has 0 aromatic heterocycles. The summed E-state index contributed by atoms with van der Waals surface area (Å²) in [5.74, 6) is 0.517. The van der Waals surface area contributed by atoms with Crippen LogP contribution in [0.25, 0.3) is 1.43 Å². The second-order valence-electron chi connectivity index (χ2n) is 3.19. The van der Waals surface area contributed by atoms with Crippen molar-refractivity contribution in [1.29, 1.82) is 1.43 Å². The Balaban J connectivity index is 2.69. The third-order valence-electron chi connectivity index (χ3n) is 1.82. The van der Waals surface area contributed by atoms with Crippen LogP contribution in [0.5, 0.6) is 0 Å². The van der Waals surface area contributed by atoms with Gasteiger partial charge in [-0.1, -0.05) is 26.0 Å². The number of aliphatic hydroxyl groups excluding tert-OH is 1. The maximum Gasteiger partial charge on any atom is 0.296 e. The van der Waals surface area contributed by atoms with Crippen molar-refractivity contribution in [2.24, 2.45) is 0 Å². The lowest BCUT2D eigenvalue weighted by atomic mass is 10.0. The lowest BCUT2D eigenvalue weighted by Crippen LogP contribution is -2.06. The maximum atomic E-state index is 6.56. The average Bonchev–Trinajstić information content (AvgIpc) is 2.18. The van der Waals surface area contributed by atoms with Crippen molar-refractivity contribution in [2.75, 3.05) is 5.32 Å². The molecule has 0 fully saturated rings. The molecule has 1 rings (SSSR count). The smallest absolute Gasteiger partial charge is 0.296 e. The highest BCUT2D eigenvalue weighted by atomic mass is 32.1. The van der Waals surface area contributed by atoms with Crippen molar-refractivity contribution >= 4 is 23.1 Å². The standard InChI is InChI=1S/C10H13NOS/c1-7(2)8-3-5-9(6-4-8)11-10(12)13/h3-7H,1-2H3,(H2,11,12,13)/i/hT. The van der Waals surface area contributed by atoms with Crippen LogP contribution in [0.4, 0.5) is 5.69 Å². The summed E-state index contributed by atoms with van der Waals surface area (Å²) < 4.78 is 6.56. The molecule has 0 aliphatic heterocycles. The molecule has 0 saturated heterocycles. The molecule has 0 atom stereocenters. The molecule has 0 bridgehead atoms. The third kappa shape index (κ3) is 3.03. The molecule has 0 amide bonds. The molecule has 0 saturated carbocycles. The van der Waals surface area contributed by atoms with Crippen LogP contribution in [0.1, 0.15) is 25.3 Å². The first-order chi connectivity index (χ1) is 6.63. The Morgan fingerprint density at radius 3 is 2.54 bits per heavy atom. The Morgan fingerprint density at radius 2 is 2.08 bits per heavy atom. The zero-order valence-corrected chi connectivity index (χ0v) is 8.52. The molecule has 0 spiro atoms. The summed E-state index contributed by atoms with van der Waals surface area (Å²) in [6, 6.07) is 7.89. The van der Waals surface area contributed by atoms with Crippen molar-refractivity contribution in [3.63, 3.8) is 0 Å². The molecule has 2 nitrogen and oxygen atoms in total. The van der Waals surface area contributed by atoms with E-state index in [0.717, 1.165) is 5.69 Å². The molecule has 0 aliphatic rings. The zero-order valence-electron chi connectivity index (χ0n) is 8.70. The van der Waals surface area contributed by atoms with Gasteiger partial charge in [-0.3, -0.25) is 0 Å². The first kappa shape index (κ1) is 8.51. The normalized spacial score (nSPS) is 10.8. The minimum absolute atomic E-state index is 0.0577. The second kappa shape index (κ2) is 4.23. The molecule has 0 aliphatic carbocycles. The topological polar surface area (TPSA) is 32.3 Å². The first-order valence-corrected chi connectivity index (χ1v) is 4.58. The van der Waals surface area contributed by atoms with E-state index in [1.54, 1.807) is 0 Å². The predicted octanol–water partition coefficient (Wildman–Crippen LogP) is 3.06. The van der Waals surface area contributed by atoms with Crippen LogP contribution in [0.3, 0.4) is 0 Å². The highest BCUT2D eigenvalue weighted by Gasteiger charge is 1.98. The SMILES string of the molecule is [3H]OC(=S)Nc1ccc(C(C)C)cc1. The highest BCUT2D eigenvalue weighted by Crippen LogP contribution is 2.16. The number of anilines is 1. The van der Waals surface area contributed by atoms with Gasteiger partial charge in [0, 0.05) is 5.69 Å². The van der Waals surface area contributed by atoms with Crippen LogP contribution >= 0.6 is 12.2 Å². The van der Waals surface area contributed by atoms with E-state index in [1.807, 2.05) is 24.3 Å². The number of thiocarbonyl (C=S) groups is 1. The van der Waals surface area contributed by atoms with Crippen molar-refractivity contribution < 1.29 is 5.11 Å². The molecule has 1 aromatic rings. The van der Waals surface area contributed by atoms with Gasteiger partial charge in [-0.2, -0.15) is 0 Å². The molecule has 0 unspecified atom stereocenters. The number of benzene rings is 1. The summed E-state index contributed by atoms with van der Waals surface area (Å²) in [5.41, 5.74) is 2.11. The molecule has 1 aromatic carbocycles. The molecule has 0 radical (unpaired) electrons. The minimum Gasteiger partial charge on any atom is -0.486 e. The van der Waals surface area contributed by atoms with Gasteiger partial charge in [0.1, 0.15) is 0 Å². The van der Waals surface area contributed by atoms with Gasteiger partial charge >= 0.3 is 0 Å². The summed E-state index contributed by atoms with van der Waals surface area (Å²) in [6.07, 6.45) is 0. The fraction of sp³-hybridized carbons (Fsp3) is 0.300. The number of hydrogen-bond donors (Lipinski definition) is 2. The van der Waals surface area contributed by atoms with Crippen LogP contribution < -0.4 is 5.32 Å². The molecular formula is C10H13NOS. The lowest BCUT2D eigenvalue weighted by molar-refractivity contribution is 0.567. The van der Waals surface area contributed by atoms with Crippen molar-refractivity contribution in [1.82, 2.24) is 0 Å². The van der Waals surface area contributed by atoms with Gasteiger partial charge in [-0.25, -0.2) is 0 Å². The van der Waals surface area contributed by atoms with E-state index < -0.39 is 0 Å². The number of rotatable bonds is 2. The van der Waals surface area contributed by atoms with Gasteiger partial charge in [0.15, 0.2) is 0 Å². The average molecular weight is 197 g/mol. The molecule has 70 valence electrons. The fourth-order valence-corrected chi connectivity index (χ4v) is 1.19. The van der Waals surface area contributed by atoms with Gasteiger partial charge in [-0.15, -0.1) is 0 Å². The van der Waals surface area contributed by atoms with Gasteiger partial charge in [-0.05, 0) is 35.8 Å². The van der Waals surface area contributed by atoms with E-state index in [2.05, 4.69) is 24.3 Å². The monoisotopic (exact) mass is 197 g/mol. The molecule has 2 N–H and O–H groups in total. The van der Waals surface area contributed by atoms with Gasteiger partial charge in [0.05, 0.1) is 0 Å². The van der Waals surface area contributed by atoms with Gasteiger partial charge < -0.3 is 10.4 Å². The summed E-state index contributed by atoms with van der Waals surface area (Å²) in [7, 11) is 0. The van der Waals surface area contributed by atoms with E-state index in [1.165, 1.54) is 5.56 Å². The van der Waals surface area contributed by atoms with Crippen molar-refractivity contribution in [3.05, 3.63) is 29.8 Å². The fourth-order valence-electron chi connectivity index (χ4n) is 1.07. The zero-order chi connectivity index (χ0) is 10.6. The summed E-state index contributed by atoms with van der Waals surface area (Å²) in [4.78, 5) is 0. The predicted molar refractivity (Wildman–Crippen MR) is 59.4 cm³/mol. The lowest BCUT2D eigenvalue weighted by Gasteiger charge is -2.06. The Kier molecular flexibility index (Phi) is 2.77. The second-order valence-corrected chi connectivity index (χ2v) is 3.56. The minimum atomic E-state index is 0.0577. The van der Waals surface area contributed by atoms with E-state index in [4.69, 9.17) is 13.6 Å². The van der Waals surface area contributed by atoms with Gasteiger partial charge in [0.25, 0.3) is 6.61 Å². The Labute approximate surface area is 85.1 Å². The van der Waals surface area contributed by atoms with E-state index in [0.29, 0.717) is 5.92 Å². The third-order valence-corrected chi connectivity index (χ3v) is 1.93. The summed E-state index contributed by atoms with van der Waals surface area (Å²) >= 11 is 4.70. The summed E-state index contributed by atoms with van der Waals surface area (Å²) in [6.45, 7) is 4.28.